The number of carbonyl (C=O) groups excluding carboxylic acids is 1. The second-order valence-electron chi connectivity index (χ2n) is 6.50. The summed E-state index contributed by atoms with van der Waals surface area (Å²) in [6, 6.07) is 7.69. The number of sulfone groups is 1. The number of anilines is 1. The summed E-state index contributed by atoms with van der Waals surface area (Å²) in [4.78, 5) is 18.6. The van der Waals surface area contributed by atoms with E-state index in [1.54, 1.807) is 0 Å². The molecule has 0 bridgehead atoms. The van der Waals surface area contributed by atoms with Crippen molar-refractivity contribution in [3.05, 3.63) is 29.8 Å². The Labute approximate surface area is 147 Å². The number of aryl methyl sites for hydroxylation is 1. The largest absolute Gasteiger partial charge is 0.315 e. The Morgan fingerprint density at radius 2 is 2.08 bits per heavy atom. The van der Waals surface area contributed by atoms with Crippen molar-refractivity contribution in [2.45, 2.75) is 38.5 Å². The van der Waals surface area contributed by atoms with Crippen molar-refractivity contribution in [2.75, 3.05) is 16.4 Å². The van der Waals surface area contributed by atoms with Gasteiger partial charge in [-0.05, 0) is 25.0 Å². The Kier molecular flexibility index (Phi) is 4.75. The van der Waals surface area contributed by atoms with Gasteiger partial charge in [-0.25, -0.2) is 8.42 Å². The number of carbonyl (C=O) groups is 1. The summed E-state index contributed by atoms with van der Waals surface area (Å²) < 4.78 is 24.1. The van der Waals surface area contributed by atoms with Crippen LogP contribution >= 0.6 is 11.8 Å². The molecule has 0 saturated carbocycles. The molecule has 2 fully saturated rings. The van der Waals surface area contributed by atoms with Crippen LogP contribution in [-0.2, 0) is 14.6 Å². The summed E-state index contributed by atoms with van der Waals surface area (Å²) in [6.07, 6.45) is 0.742. The van der Waals surface area contributed by atoms with E-state index in [2.05, 4.69) is 4.99 Å². The number of thioether (sulfide) groups is 1. The molecule has 24 heavy (non-hydrogen) atoms. The van der Waals surface area contributed by atoms with E-state index in [4.69, 9.17) is 0 Å². The summed E-state index contributed by atoms with van der Waals surface area (Å²) in [5, 5.41) is 0.581. The smallest absolute Gasteiger partial charge is 0.250 e. The summed E-state index contributed by atoms with van der Waals surface area (Å²) in [7, 11) is -3.03. The minimum Gasteiger partial charge on any atom is -0.315 e. The monoisotopic (exact) mass is 366 g/mol. The van der Waals surface area contributed by atoms with Gasteiger partial charge >= 0.3 is 0 Å². The Morgan fingerprint density at radius 3 is 2.75 bits per heavy atom. The van der Waals surface area contributed by atoms with Crippen LogP contribution < -0.4 is 4.90 Å². The van der Waals surface area contributed by atoms with Crippen molar-refractivity contribution in [2.24, 2.45) is 10.9 Å². The van der Waals surface area contributed by atoms with Crippen LogP contribution in [0.3, 0.4) is 0 Å². The first-order valence-electron chi connectivity index (χ1n) is 8.17. The van der Waals surface area contributed by atoms with Crippen LogP contribution in [0.2, 0.25) is 0 Å². The van der Waals surface area contributed by atoms with Crippen molar-refractivity contribution in [1.82, 2.24) is 0 Å². The Bertz CT molecular complexity index is 789. The average Bonchev–Trinajstić information content (AvgIpc) is 2.98. The second kappa shape index (κ2) is 6.52. The Balaban J connectivity index is 2.02. The molecule has 2 heterocycles. The first kappa shape index (κ1) is 17.5. The number of aliphatic imine (C=N–C) groups is 1. The van der Waals surface area contributed by atoms with Crippen molar-refractivity contribution < 1.29 is 13.2 Å². The van der Waals surface area contributed by atoms with Crippen LogP contribution in [0.25, 0.3) is 0 Å². The van der Waals surface area contributed by atoms with Crippen molar-refractivity contribution >= 4 is 38.4 Å². The van der Waals surface area contributed by atoms with Crippen molar-refractivity contribution in [1.29, 1.82) is 0 Å². The highest BCUT2D eigenvalue weighted by molar-refractivity contribution is 8.16. The number of para-hydroxylation sites is 1. The SMILES string of the molecule is CC[C@@H](C)C(=O)N=C1S[C@H]2CS(=O)(=O)C[C@H]2N1c1ccccc1C. The molecule has 0 N–H and O–H groups in total. The molecule has 0 aliphatic carbocycles. The lowest BCUT2D eigenvalue weighted by Gasteiger charge is -2.26. The maximum Gasteiger partial charge on any atom is 0.250 e. The molecule has 3 rings (SSSR count). The number of amides is 1. The fourth-order valence-electron chi connectivity index (χ4n) is 3.06. The quantitative estimate of drug-likeness (QED) is 0.823. The molecule has 0 radical (unpaired) electrons. The minimum atomic E-state index is -3.03. The lowest BCUT2D eigenvalue weighted by molar-refractivity contribution is -0.121. The minimum absolute atomic E-state index is 0.0573. The number of nitrogens with zero attached hydrogens (tertiary/aromatic N) is 2. The van der Waals surface area contributed by atoms with Crippen LogP contribution in [0.1, 0.15) is 25.8 Å². The van der Waals surface area contributed by atoms with Crippen molar-refractivity contribution in [3.8, 4) is 0 Å². The third kappa shape index (κ3) is 3.24. The topological polar surface area (TPSA) is 66.8 Å². The summed E-state index contributed by atoms with van der Waals surface area (Å²) in [6.45, 7) is 5.82. The van der Waals surface area contributed by atoms with Gasteiger partial charge in [-0.15, -0.1) is 0 Å². The van der Waals surface area contributed by atoms with Gasteiger partial charge in [0.25, 0.3) is 5.91 Å². The van der Waals surface area contributed by atoms with E-state index in [9.17, 15) is 13.2 Å². The molecule has 1 amide bonds. The fourth-order valence-corrected chi connectivity index (χ4v) is 6.97. The molecule has 2 saturated heterocycles. The Hall–Kier alpha value is -1.34. The second-order valence-corrected chi connectivity index (χ2v) is 9.86. The number of hydrogen-bond acceptors (Lipinski definition) is 4. The molecule has 3 atom stereocenters. The van der Waals surface area contributed by atoms with E-state index >= 15 is 0 Å². The molecule has 7 heteroatoms. The lowest BCUT2D eigenvalue weighted by Crippen LogP contribution is -2.38. The molecule has 0 aromatic heterocycles. The van der Waals surface area contributed by atoms with Gasteiger partial charge in [0.1, 0.15) is 0 Å². The van der Waals surface area contributed by atoms with Crippen LogP contribution in [-0.4, -0.2) is 42.3 Å². The van der Waals surface area contributed by atoms with Gasteiger partial charge in [0.05, 0.1) is 17.5 Å². The molecule has 2 aliphatic heterocycles. The average molecular weight is 367 g/mol. The van der Waals surface area contributed by atoms with Gasteiger partial charge < -0.3 is 4.90 Å². The third-order valence-electron chi connectivity index (χ3n) is 4.68. The molecule has 0 unspecified atom stereocenters. The lowest BCUT2D eigenvalue weighted by atomic mass is 10.1. The van der Waals surface area contributed by atoms with Crippen LogP contribution in [0, 0.1) is 12.8 Å². The zero-order valence-corrected chi connectivity index (χ0v) is 15.7. The normalized spacial score (nSPS) is 28.1. The molecule has 0 spiro atoms. The van der Waals surface area contributed by atoms with E-state index in [1.807, 2.05) is 49.9 Å². The molecule has 1 aromatic rings. The van der Waals surface area contributed by atoms with Crippen LogP contribution in [0.15, 0.2) is 29.3 Å². The Morgan fingerprint density at radius 1 is 1.38 bits per heavy atom. The first-order chi connectivity index (χ1) is 11.3. The van der Waals surface area contributed by atoms with E-state index in [0.29, 0.717) is 5.17 Å². The summed E-state index contributed by atoms with van der Waals surface area (Å²) in [5.74, 6) is 0.0129. The van der Waals surface area contributed by atoms with Gasteiger partial charge in [0.15, 0.2) is 15.0 Å². The maximum absolute atomic E-state index is 12.3. The maximum atomic E-state index is 12.3. The molecular weight excluding hydrogens is 344 g/mol. The highest BCUT2D eigenvalue weighted by Gasteiger charge is 2.49. The number of hydrogen-bond donors (Lipinski definition) is 0. The molecule has 2 aliphatic rings. The van der Waals surface area contributed by atoms with Crippen LogP contribution in [0.4, 0.5) is 5.69 Å². The number of rotatable bonds is 3. The van der Waals surface area contributed by atoms with Crippen LogP contribution in [0.5, 0.6) is 0 Å². The highest BCUT2D eigenvalue weighted by Crippen LogP contribution is 2.41. The highest BCUT2D eigenvalue weighted by atomic mass is 32.2. The standard InChI is InChI=1S/C17H22N2O3S2/c1-4-11(2)16(20)18-17-19(13-8-6-5-7-12(13)3)14-9-24(21,22)10-15(14)23-17/h5-8,11,14-15H,4,9-10H2,1-3H3/t11-,14-,15+/m1/s1. The third-order valence-corrected chi connectivity index (χ3v) is 7.89. The van der Waals surface area contributed by atoms with E-state index in [1.165, 1.54) is 11.8 Å². The summed E-state index contributed by atoms with van der Waals surface area (Å²) >= 11 is 1.43. The zero-order valence-electron chi connectivity index (χ0n) is 14.1. The predicted octanol–water partition coefficient (Wildman–Crippen LogP) is 2.64. The molecular formula is C17H22N2O3S2. The number of amidine groups is 1. The number of benzene rings is 1. The first-order valence-corrected chi connectivity index (χ1v) is 10.9. The predicted molar refractivity (Wildman–Crippen MR) is 99.4 cm³/mol. The fraction of sp³-hybridized carbons (Fsp3) is 0.529. The van der Waals surface area contributed by atoms with E-state index < -0.39 is 9.84 Å². The summed E-state index contributed by atoms with van der Waals surface area (Å²) in [5.41, 5.74) is 1.98. The van der Waals surface area contributed by atoms with E-state index in [-0.39, 0.29) is 34.6 Å². The molecule has 130 valence electrons. The van der Waals surface area contributed by atoms with Gasteiger partial charge in [-0.2, -0.15) is 4.99 Å². The van der Waals surface area contributed by atoms with E-state index in [0.717, 1.165) is 17.7 Å². The zero-order chi connectivity index (χ0) is 17.5. The van der Waals surface area contributed by atoms with Gasteiger partial charge in [0, 0.05) is 16.9 Å². The van der Waals surface area contributed by atoms with Gasteiger partial charge in [-0.3, -0.25) is 4.79 Å². The van der Waals surface area contributed by atoms with Gasteiger partial charge in [0.2, 0.25) is 0 Å². The van der Waals surface area contributed by atoms with Gasteiger partial charge in [-0.1, -0.05) is 43.8 Å². The molecule has 5 nitrogen and oxygen atoms in total. The number of fused-ring (bicyclic) bond motifs is 1. The van der Waals surface area contributed by atoms with Crippen molar-refractivity contribution in [3.63, 3.8) is 0 Å². The molecule has 1 aromatic carbocycles.